The van der Waals surface area contributed by atoms with Crippen LogP contribution in [-0.4, -0.2) is 35.3 Å². The molecule has 104 valence electrons. The topological polar surface area (TPSA) is 84.6 Å². The van der Waals surface area contributed by atoms with E-state index in [0.29, 0.717) is 12.6 Å². The van der Waals surface area contributed by atoms with Crippen LogP contribution < -0.4 is 10.1 Å². The van der Waals surface area contributed by atoms with E-state index in [4.69, 9.17) is 4.74 Å². The summed E-state index contributed by atoms with van der Waals surface area (Å²) in [5.74, 6) is -0.790. The zero-order valence-corrected chi connectivity index (χ0v) is 10.2. The number of benzene rings is 1. The Morgan fingerprint density at radius 1 is 1.58 bits per heavy atom. The summed E-state index contributed by atoms with van der Waals surface area (Å²) >= 11 is 0. The van der Waals surface area contributed by atoms with Crippen LogP contribution in [0.3, 0.4) is 0 Å². The highest BCUT2D eigenvalue weighted by Crippen LogP contribution is 2.22. The number of hydrogen-bond acceptors (Lipinski definition) is 5. The van der Waals surface area contributed by atoms with Crippen molar-refractivity contribution in [1.82, 2.24) is 5.32 Å². The Morgan fingerprint density at radius 3 is 2.89 bits per heavy atom. The van der Waals surface area contributed by atoms with Gasteiger partial charge in [-0.25, -0.2) is 0 Å². The number of nitro benzene ring substituents is 1. The van der Waals surface area contributed by atoms with Crippen LogP contribution in [0.15, 0.2) is 18.2 Å². The summed E-state index contributed by atoms with van der Waals surface area (Å²) in [6.07, 6.45) is 1.56. The Balaban J connectivity index is 1.81. The van der Waals surface area contributed by atoms with Gasteiger partial charge in [-0.15, -0.1) is 0 Å². The Bertz CT molecular complexity index is 465. The predicted octanol–water partition coefficient (Wildman–Crippen LogP) is 1.23. The molecule has 19 heavy (non-hydrogen) atoms. The van der Waals surface area contributed by atoms with Gasteiger partial charge in [0.15, 0.2) is 0 Å². The van der Waals surface area contributed by atoms with E-state index in [1.807, 2.05) is 0 Å². The van der Waals surface area contributed by atoms with Crippen molar-refractivity contribution in [3.63, 3.8) is 0 Å². The molecule has 0 aliphatic heterocycles. The number of nitro groups is 1. The van der Waals surface area contributed by atoms with Gasteiger partial charge in [0.1, 0.15) is 18.5 Å². The van der Waals surface area contributed by atoms with E-state index in [9.17, 15) is 19.6 Å². The van der Waals surface area contributed by atoms with Gasteiger partial charge in [0.2, 0.25) is 5.82 Å². The minimum atomic E-state index is -0.951. The zero-order chi connectivity index (χ0) is 13.8. The molecule has 1 unspecified atom stereocenters. The minimum absolute atomic E-state index is 0.0109. The molecule has 1 aliphatic carbocycles. The highest BCUT2D eigenvalue weighted by atomic mass is 19.1. The summed E-state index contributed by atoms with van der Waals surface area (Å²) in [7, 11) is 0. The van der Waals surface area contributed by atoms with Gasteiger partial charge in [-0.05, 0) is 18.9 Å². The van der Waals surface area contributed by atoms with E-state index in [1.54, 1.807) is 0 Å². The number of ether oxygens (including phenoxy) is 1. The maximum Gasteiger partial charge on any atom is 0.305 e. The van der Waals surface area contributed by atoms with Gasteiger partial charge in [0.25, 0.3) is 0 Å². The molecular formula is C12H15FN2O4. The summed E-state index contributed by atoms with van der Waals surface area (Å²) in [4.78, 5) is 9.63. The average Bonchev–Trinajstić information content (AvgIpc) is 3.17. The Kier molecular flexibility index (Phi) is 4.28. The van der Waals surface area contributed by atoms with Crippen LogP contribution in [0.4, 0.5) is 10.1 Å². The summed E-state index contributed by atoms with van der Waals surface area (Å²) in [5.41, 5.74) is -0.594. The van der Waals surface area contributed by atoms with E-state index < -0.39 is 22.5 Å². The molecule has 6 nitrogen and oxygen atoms in total. The zero-order valence-electron chi connectivity index (χ0n) is 10.2. The predicted molar refractivity (Wildman–Crippen MR) is 65.6 cm³/mol. The van der Waals surface area contributed by atoms with E-state index in [1.165, 1.54) is 6.07 Å². The van der Waals surface area contributed by atoms with Crippen LogP contribution in [0.2, 0.25) is 0 Å². The van der Waals surface area contributed by atoms with Crippen molar-refractivity contribution >= 4 is 5.69 Å². The van der Waals surface area contributed by atoms with E-state index in [-0.39, 0.29) is 12.4 Å². The molecule has 1 saturated carbocycles. The third-order valence-corrected chi connectivity index (χ3v) is 2.78. The summed E-state index contributed by atoms with van der Waals surface area (Å²) in [5, 5.41) is 23.2. The van der Waals surface area contributed by atoms with Crippen molar-refractivity contribution in [2.75, 3.05) is 13.2 Å². The van der Waals surface area contributed by atoms with Crippen molar-refractivity contribution in [2.24, 2.45) is 0 Å². The smallest absolute Gasteiger partial charge is 0.305 e. The van der Waals surface area contributed by atoms with Gasteiger partial charge in [-0.3, -0.25) is 10.1 Å². The van der Waals surface area contributed by atoms with E-state index in [2.05, 4.69) is 5.32 Å². The van der Waals surface area contributed by atoms with Crippen LogP contribution in [0.25, 0.3) is 0 Å². The number of rotatable bonds is 7. The number of nitrogens with one attached hydrogen (secondary N) is 1. The number of halogens is 1. The van der Waals surface area contributed by atoms with Crippen LogP contribution in [0.5, 0.6) is 5.75 Å². The van der Waals surface area contributed by atoms with Gasteiger partial charge in [-0.1, -0.05) is 0 Å². The summed E-state index contributed by atoms with van der Waals surface area (Å²) in [6.45, 7) is 0.428. The Morgan fingerprint density at radius 2 is 2.32 bits per heavy atom. The summed E-state index contributed by atoms with van der Waals surface area (Å²) < 4.78 is 18.5. The minimum Gasteiger partial charge on any atom is -0.491 e. The fraction of sp³-hybridized carbons (Fsp3) is 0.500. The maximum absolute atomic E-state index is 13.3. The molecule has 0 aromatic heterocycles. The first-order valence-electron chi connectivity index (χ1n) is 6.04. The highest BCUT2D eigenvalue weighted by Gasteiger charge is 2.21. The van der Waals surface area contributed by atoms with Crippen LogP contribution in [0.1, 0.15) is 12.8 Å². The molecule has 0 saturated heterocycles. The standard InChI is InChI=1S/C12H15FN2O4/c13-11-5-10(3-4-12(11)15(17)18)19-7-9(16)6-14-8-1-2-8/h3-5,8-9,14,16H,1-2,6-7H2. The second-order valence-electron chi connectivity index (χ2n) is 4.52. The molecule has 1 aromatic rings. The number of hydrogen-bond donors (Lipinski definition) is 2. The van der Waals surface area contributed by atoms with Crippen molar-refractivity contribution < 1.29 is 19.2 Å². The van der Waals surface area contributed by atoms with Crippen molar-refractivity contribution in [3.05, 3.63) is 34.1 Å². The second-order valence-corrected chi connectivity index (χ2v) is 4.52. The first-order valence-corrected chi connectivity index (χ1v) is 6.04. The van der Waals surface area contributed by atoms with Gasteiger partial charge in [-0.2, -0.15) is 4.39 Å². The lowest BCUT2D eigenvalue weighted by Gasteiger charge is -2.12. The molecule has 0 radical (unpaired) electrons. The molecule has 1 aliphatic rings. The first-order chi connectivity index (χ1) is 9.06. The molecular weight excluding hydrogens is 255 g/mol. The lowest BCUT2D eigenvalue weighted by atomic mass is 10.3. The molecule has 1 aromatic carbocycles. The molecule has 0 heterocycles. The molecule has 2 N–H and O–H groups in total. The normalized spacial score (nSPS) is 16.1. The average molecular weight is 270 g/mol. The molecule has 0 spiro atoms. The lowest BCUT2D eigenvalue weighted by Crippen LogP contribution is -2.32. The van der Waals surface area contributed by atoms with Crippen LogP contribution >= 0.6 is 0 Å². The van der Waals surface area contributed by atoms with Gasteiger partial charge < -0.3 is 15.2 Å². The third kappa shape index (κ3) is 4.15. The number of nitrogens with zero attached hydrogens (tertiary/aromatic N) is 1. The van der Waals surface area contributed by atoms with Gasteiger partial charge >= 0.3 is 5.69 Å². The van der Waals surface area contributed by atoms with Crippen molar-refractivity contribution in [2.45, 2.75) is 25.0 Å². The Labute approximate surface area is 109 Å². The first kappa shape index (κ1) is 13.7. The van der Waals surface area contributed by atoms with Gasteiger partial charge in [0.05, 0.1) is 4.92 Å². The fourth-order valence-electron chi connectivity index (χ4n) is 1.57. The number of aliphatic hydroxyl groups excluding tert-OH is 1. The largest absolute Gasteiger partial charge is 0.491 e. The molecule has 7 heteroatoms. The maximum atomic E-state index is 13.3. The molecule has 2 rings (SSSR count). The highest BCUT2D eigenvalue weighted by molar-refractivity contribution is 5.37. The second kappa shape index (κ2) is 5.94. The van der Waals surface area contributed by atoms with Crippen molar-refractivity contribution in [1.29, 1.82) is 0 Å². The molecule has 0 bridgehead atoms. The fourth-order valence-corrected chi connectivity index (χ4v) is 1.57. The summed E-state index contributed by atoms with van der Waals surface area (Å²) in [6, 6.07) is 3.78. The lowest BCUT2D eigenvalue weighted by molar-refractivity contribution is -0.387. The van der Waals surface area contributed by atoms with Crippen LogP contribution in [-0.2, 0) is 0 Å². The quantitative estimate of drug-likeness (QED) is 0.575. The SMILES string of the molecule is O=[N+]([O-])c1ccc(OCC(O)CNC2CC2)cc1F. The molecule has 0 amide bonds. The Hall–Kier alpha value is -1.73. The monoisotopic (exact) mass is 270 g/mol. The van der Waals surface area contributed by atoms with Gasteiger partial charge in [0, 0.05) is 24.7 Å². The molecule has 1 fully saturated rings. The number of aliphatic hydroxyl groups is 1. The molecule has 1 atom stereocenters. The van der Waals surface area contributed by atoms with Crippen LogP contribution in [0, 0.1) is 15.9 Å². The van der Waals surface area contributed by atoms with Crippen molar-refractivity contribution in [3.8, 4) is 5.75 Å². The van der Waals surface area contributed by atoms with E-state index in [0.717, 1.165) is 25.0 Å². The third-order valence-electron chi connectivity index (χ3n) is 2.78. The van der Waals surface area contributed by atoms with E-state index >= 15 is 0 Å².